The molecule has 0 amide bonds. The maximum absolute atomic E-state index is 4.27. The third-order valence-electron chi connectivity index (χ3n) is 1.84. The lowest BCUT2D eigenvalue weighted by atomic mass is 10.5. The van der Waals surface area contributed by atoms with Crippen molar-refractivity contribution in [1.29, 1.82) is 0 Å². The lowest BCUT2D eigenvalue weighted by molar-refractivity contribution is 1.23. The number of rotatable bonds is 0. The van der Waals surface area contributed by atoms with Crippen LogP contribution in [0.4, 0.5) is 0 Å². The Hall–Kier alpha value is -0.245. The minimum atomic E-state index is 1.07. The average Bonchev–Trinajstić information content (AvgIpc) is 2.33. The van der Waals surface area contributed by atoms with Crippen molar-refractivity contribution in [2.24, 2.45) is 0 Å². The summed E-state index contributed by atoms with van der Waals surface area (Å²) in [5.74, 6) is 0. The first kappa shape index (κ1) is 7.41. The normalized spacial score (nSPS) is 10.5. The first-order valence-electron chi connectivity index (χ1n) is 3.68. The molecule has 0 saturated carbocycles. The Kier molecular flexibility index (Phi) is 1.79. The van der Waals surface area contributed by atoms with Crippen LogP contribution < -0.4 is 8.98 Å². The highest BCUT2D eigenvalue weighted by molar-refractivity contribution is 6.33. The first-order valence-corrected chi connectivity index (χ1v) is 5.68. The fourth-order valence-corrected chi connectivity index (χ4v) is 2.12. The van der Waals surface area contributed by atoms with E-state index in [9.17, 15) is 0 Å². The van der Waals surface area contributed by atoms with E-state index in [-0.39, 0.29) is 0 Å². The second kappa shape index (κ2) is 2.66. The van der Waals surface area contributed by atoms with Crippen molar-refractivity contribution in [3.63, 3.8) is 0 Å². The highest BCUT2D eigenvalue weighted by Gasteiger charge is 1.95. The van der Waals surface area contributed by atoms with Gasteiger partial charge in [-0.3, -0.25) is 0 Å². The second-order valence-corrected chi connectivity index (χ2v) is 5.01. The van der Waals surface area contributed by atoms with Crippen LogP contribution in [0, 0.1) is 0 Å². The Morgan fingerprint density at radius 2 is 2.09 bits per heavy atom. The van der Waals surface area contributed by atoms with Gasteiger partial charge in [-0.05, 0) is 16.8 Å². The predicted octanol–water partition coefficient (Wildman–Crippen LogP) is -2.15. The molecule has 0 aliphatic carbocycles. The van der Waals surface area contributed by atoms with Gasteiger partial charge in [-0.2, -0.15) is 0 Å². The molecule has 4 heteroatoms. The van der Waals surface area contributed by atoms with E-state index < -0.39 is 0 Å². The number of aromatic nitrogens is 2. The van der Waals surface area contributed by atoms with Gasteiger partial charge in [0.2, 0.25) is 0 Å². The Morgan fingerprint density at radius 1 is 1.27 bits per heavy atom. The molecule has 0 fully saturated rings. The van der Waals surface area contributed by atoms with Crippen LogP contribution in [0.3, 0.4) is 0 Å². The molecule has 0 N–H and O–H groups in total. The van der Waals surface area contributed by atoms with Crippen molar-refractivity contribution < 1.29 is 0 Å². The molecule has 0 aliphatic rings. The molecule has 11 heavy (non-hydrogen) atoms. The number of nitrogens with zero attached hydrogens (tertiary/aromatic N) is 2. The molecule has 0 radical (unpaired) electrons. The fraction of sp³-hybridized carbons (Fsp3) is 0. The smallest absolute Gasteiger partial charge is 0.289 e. The average molecular weight is 174 g/mol. The maximum atomic E-state index is 4.27. The molecule has 0 bridgehead atoms. The van der Waals surface area contributed by atoms with Crippen molar-refractivity contribution in [2.45, 2.75) is 0 Å². The van der Waals surface area contributed by atoms with E-state index in [1.54, 1.807) is 0 Å². The molecular weight excluding hydrogens is 166 g/mol. The Labute approximate surface area is 81.1 Å². The molecular formula is C7H8Al2N2. The summed E-state index contributed by atoms with van der Waals surface area (Å²) in [4.78, 5) is 4.27. The first-order chi connectivity index (χ1) is 5.27. The molecule has 2 aromatic heterocycles. The van der Waals surface area contributed by atoms with Gasteiger partial charge in [0, 0.05) is 6.20 Å². The molecule has 2 aromatic rings. The van der Waals surface area contributed by atoms with Crippen molar-refractivity contribution in [1.82, 2.24) is 9.38 Å². The van der Waals surface area contributed by atoms with Crippen LogP contribution >= 0.6 is 0 Å². The van der Waals surface area contributed by atoms with E-state index in [2.05, 4.69) is 27.7 Å². The summed E-state index contributed by atoms with van der Waals surface area (Å²) in [6, 6.07) is 4.24. The summed E-state index contributed by atoms with van der Waals surface area (Å²) in [6.45, 7) is 0. The van der Waals surface area contributed by atoms with Crippen molar-refractivity contribution >= 4 is 47.2 Å². The summed E-state index contributed by atoms with van der Waals surface area (Å²) in [5.41, 5.74) is 1.08. The number of pyridine rings is 1. The van der Waals surface area contributed by atoms with Crippen molar-refractivity contribution in [3.05, 3.63) is 24.5 Å². The summed E-state index contributed by atoms with van der Waals surface area (Å²) in [6.07, 6.45) is 4.15. The number of imidazole rings is 1. The number of hydrogen-bond donors (Lipinski definition) is 0. The van der Waals surface area contributed by atoms with Crippen molar-refractivity contribution in [2.75, 3.05) is 0 Å². The van der Waals surface area contributed by atoms with Gasteiger partial charge in [0.15, 0.2) is 0 Å². The lowest BCUT2D eigenvalue weighted by Gasteiger charge is -1.97. The molecule has 0 unspecified atom stereocenters. The molecule has 2 heterocycles. The summed E-state index contributed by atoms with van der Waals surface area (Å²) in [5, 5.41) is 0. The fourth-order valence-electron chi connectivity index (χ4n) is 1.21. The predicted molar refractivity (Wildman–Crippen MR) is 51.5 cm³/mol. The van der Waals surface area contributed by atoms with Crippen LogP contribution in [-0.4, -0.2) is 42.0 Å². The highest BCUT2D eigenvalue weighted by atomic mass is 27.1. The quantitative estimate of drug-likeness (QED) is 0.416. The van der Waals surface area contributed by atoms with Crippen molar-refractivity contribution in [3.8, 4) is 0 Å². The summed E-state index contributed by atoms with van der Waals surface area (Å²) >= 11 is 2.19. The van der Waals surface area contributed by atoms with E-state index >= 15 is 0 Å². The molecule has 0 aromatic carbocycles. The van der Waals surface area contributed by atoms with Crippen LogP contribution in [0.1, 0.15) is 0 Å². The molecule has 0 atom stereocenters. The van der Waals surface area contributed by atoms with E-state index in [0.717, 1.165) is 38.2 Å². The van der Waals surface area contributed by atoms with Crippen LogP contribution in [0.15, 0.2) is 24.5 Å². The van der Waals surface area contributed by atoms with Gasteiger partial charge in [0.1, 0.15) is 5.65 Å². The van der Waals surface area contributed by atoms with E-state index in [1.165, 1.54) is 8.98 Å². The second-order valence-electron chi connectivity index (χ2n) is 2.83. The topological polar surface area (TPSA) is 17.3 Å². The van der Waals surface area contributed by atoms with Gasteiger partial charge in [0.05, 0.1) is 0 Å². The molecule has 2 nitrogen and oxygen atoms in total. The molecule has 2 rings (SSSR count). The SMILES string of the molecule is [AlH2][c]1ccc2nc[c]([AlH2])n2c1. The Morgan fingerprint density at radius 3 is 2.91 bits per heavy atom. The van der Waals surface area contributed by atoms with Crippen LogP contribution in [0.25, 0.3) is 5.65 Å². The maximum Gasteiger partial charge on any atom is 0.289 e. The third kappa shape index (κ3) is 1.24. The minimum absolute atomic E-state index is 1.07. The van der Waals surface area contributed by atoms with E-state index in [1.807, 2.05) is 6.20 Å². The van der Waals surface area contributed by atoms with Gasteiger partial charge < -0.3 is 4.40 Å². The highest BCUT2D eigenvalue weighted by Crippen LogP contribution is 1.92. The molecule has 0 aliphatic heterocycles. The van der Waals surface area contributed by atoms with Gasteiger partial charge >= 0.3 is 0 Å². The number of hydrogen-bond acceptors (Lipinski definition) is 1. The monoisotopic (exact) mass is 174 g/mol. The molecule has 0 saturated heterocycles. The lowest BCUT2D eigenvalue weighted by Crippen LogP contribution is -2.13. The minimum Gasteiger partial charge on any atom is -0.323 e. The van der Waals surface area contributed by atoms with Crippen LogP contribution in [0.5, 0.6) is 0 Å². The third-order valence-corrected chi connectivity index (χ3v) is 3.17. The van der Waals surface area contributed by atoms with Gasteiger partial charge in [-0.25, -0.2) is 4.98 Å². The molecule has 52 valence electrons. The number of fused-ring (bicyclic) bond motifs is 1. The summed E-state index contributed by atoms with van der Waals surface area (Å²) in [7, 11) is 0. The zero-order valence-electron chi connectivity index (χ0n) is 6.70. The van der Waals surface area contributed by atoms with Crippen LogP contribution in [-0.2, 0) is 0 Å². The van der Waals surface area contributed by atoms with Gasteiger partial charge in [-0.15, -0.1) is 4.43 Å². The van der Waals surface area contributed by atoms with E-state index in [0.29, 0.717) is 0 Å². The zero-order valence-corrected chi connectivity index (χ0v) is 10.7. The van der Waals surface area contributed by atoms with Gasteiger partial charge in [0.25, 0.3) is 32.6 Å². The van der Waals surface area contributed by atoms with Gasteiger partial charge in [-0.1, -0.05) is 6.07 Å². The van der Waals surface area contributed by atoms with E-state index in [4.69, 9.17) is 0 Å². The Bertz CT molecular complexity index is 394. The standard InChI is InChI=1S/C7H4N2.2Al.4H/c1-2-5-9-6-4-8-7(9)3-1;;;;;;/h1,3-5H;;;;;;. The molecule has 0 spiro atoms. The largest absolute Gasteiger partial charge is 0.323 e. The Balaban J connectivity index is 2.87. The summed E-state index contributed by atoms with van der Waals surface area (Å²) < 4.78 is 4.96. The van der Waals surface area contributed by atoms with Crippen LogP contribution in [0.2, 0.25) is 0 Å². The zero-order chi connectivity index (χ0) is 7.84.